The van der Waals surface area contributed by atoms with Gasteiger partial charge in [-0.25, -0.2) is 4.68 Å². The van der Waals surface area contributed by atoms with Crippen LogP contribution in [0.5, 0.6) is 11.6 Å². The molecule has 0 aliphatic heterocycles. The van der Waals surface area contributed by atoms with Crippen molar-refractivity contribution in [1.82, 2.24) is 9.78 Å². The van der Waals surface area contributed by atoms with Crippen molar-refractivity contribution in [2.24, 2.45) is 5.73 Å². The molecule has 0 aliphatic carbocycles. The first-order valence-corrected chi connectivity index (χ1v) is 10.3. The number of rotatable bonds is 8. The number of alkyl halides is 3. The fraction of sp³-hybridized carbons (Fsp3) is 0.318. The highest BCUT2D eigenvalue weighted by atomic mass is 35.5. The van der Waals surface area contributed by atoms with Gasteiger partial charge >= 0.3 is 6.36 Å². The molecule has 7 nitrogen and oxygen atoms in total. The molecule has 0 saturated heterocycles. The number of nitriles is 1. The van der Waals surface area contributed by atoms with E-state index in [2.05, 4.69) is 15.9 Å². The van der Waals surface area contributed by atoms with Crippen molar-refractivity contribution >= 4 is 28.4 Å². The van der Waals surface area contributed by atoms with Gasteiger partial charge < -0.3 is 15.2 Å². The molecule has 0 spiro atoms. The Balaban J connectivity index is 2.14. The lowest BCUT2D eigenvalue weighted by molar-refractivity contribution is -0.274. The van der Waals surface area contributed by atoms with Gasteiger partial charge in [-0.3, -0.25) is 4.79 Å². The maximum atomic E-state index is 12.8. The molecule has 1 amide bonds. The topological polar surface area (TPSA) is 103 Å². The monoisotopic (exact) mass is 480 g/mol. The zero-order valence-corrected chi connectivity index (χ0v) is 18.5. The lowest BCUT2D eigenvalue weighted by Gasteiger charge is -2.25. The summed E-state index contributed by atoms with van der Waals surface area (Å²) in [5.41, 5.74) is 4.29. The van der Waals surface area contributed by atoms with Crippen LogP contribution in [0.15, 0.2) is 36.4 Å². The van der Waals surface area contributed by atoms with Gasteiger partial charge in [-0.05, 0) is 55.3 Å². The molecule has 174 valence electrons. The molecule has 2 N–H and O–H groups in total. The van der Waals surface area contributed by atoms with E-state index in [1.165, 1.54) is 11.6 Å². The van der Waals surface area contributed by atoms with Crippen molar-refractivity contribution in [2.45, 2.75) is 38.6 Å². The number of carbonyl (C=O) groups excluding carboxylic acids is 1. The van der Waals surface area contributed by atoms with Crippen LogP contribution in [0.1, 0.15) is 36.2 Å². The lowest BCUT2D eigenvalue weighted by atomic mass is 9.80. The van der Waals surface area contributed by atoms with Gasteiger partial charge in [0, 0.05) is 10.6 Å². The Bertz CT molecular complexity index is 1240. The van der Waals surface area contributed by atoms with Gasteiger partial charge in [0.15, 0.2) is 0 Å². The van der Waals surface area contributed by atoms with Crippen molar-refractivity contribution in [3.63, 3.8) is 0 Å². The number of carbonyl (C=O) groups is 1. The first-order valence-electron chi connectivity index (χ1n) is 9.87. The van der Waals surface area contributed by atoms with Crippen LogP contribution in [0.3, 0.4) is 0 Å². The minimum Gasteiger partial charge on any atom is -0.477 e. The van der Waals surface area contributed by atoms with E-state index in [-0.39, 0.29) is 17.7 Å². The van der Waals surface area contributed by atoms with Gasteiger partial charge in [-0.2, -0.15) is 10.4 Å². The average Bonchev–Trinajstić information content (AvgIpc) is 3.06. The molecule has 2 aromatic carbocycles. The van der Waals surface area contributed by atoms with Gasteiger partial charge in [0.1, 0.15) is 5.75 Å². The quantitative estimate of drug-likeness (QED) is 0.491. The smallest absolute Gasteiger partial charge is 0.477 e. The minimum absolute atomic E-state index is 0.0294. The second kappa shape index (κ2) is 9.19. The standard InChI is InChI=1S/C22H20ClF3N4O3/c1-3-8-32-20-16-6-4-13(23)9-18(16)29-30(20)12-21(2,11-27)17-10-14(33-22(24,25)26)5-7-15(17)19(28)31/h4-7,9-10H,3,8,12H2,1-2H3,(H2,28,31). The molecule has 0 fully saturated rings. The number of amides is 1. The number of fused-ring (bicyclic) bond motifs is 1. The van der Waals surface area contributed by atoms with Crippen molar-refractivity contribution in [3.8, 4) is 17.7 Å². The van der Waals surface area contributed by atoms with E-state index >= 15 is 0 Å². The minimum atomic E-state index is -4.95. The number of ether oxygens (including phenoxy) is 2. The van der Waals surface area contributed by atoms with Crippen LogP contribution in [0.25, 0.3) is 10.9 Å². The Morgan fingerprint density at radius 1 is 1.27 bits per heavy atom. The first-order chi connectivity index (χ1) is 15.5. The molecule has 3 rings (SSSR count). The molecule has 1 aromatic heterocycles. The number of hydrogen-bond donors (Lipinski definition) is 1. The maximum absolute atomic E-state index is 12.8. The third kappa shape index (κ3) is 5.31. The number of primary amides is 1. The number of benzene rings is 2. The van der Waals surface area contributed by atoms with Gasteiger partial charge in [-0.1, -0.05) is 18.5 Å². The van der Waals surface area contributed by atoms with E-state index in [9.17, 15) is 23.2 Å². The number of nitrogens with two attached hydrogens (primary N) is 1. The fourth-order valence-corrected chi connectivity index (χ4v) is 3.58. The molecule has 1 atom stereocenters. The Hall–Kier alpha value is -3.45. The summed E-state index contributed by atoms with van der Waals surface area (Å²) in [4.78, 5) is 12.0. The number of aromatic nitrogens is 2. The molecule has 0 aliphatic rings. The van der Waals surface area contributed by atoms with Crippen LogP contribution in [0.4, 0.5) is 13.2 Å². The van der Waals surface area contributed by atoms with Crippen molar-refractivity contribution in [3.05, 3.63) is 52.5 Å². The van der Waals surface area contributed by atoms with E-state index in [0.29, 0.717) is 34.8 Å². The normalized spacial score (nSPS) is 13.4. The lowest BCUT2D eigenvalue weighted by Crippen LogP contribution is -2.31. The van der Waals surface area contributed by atoms with Crippen LogP contribution in [0.2, 0.25) is 5.02 Å². The average molecular weight is 481 g/mol. The van der Waals surface area contributed by atoms with Crippen LogP contribution >= 0.6 is 11.6 Å². The molecular weight excluding hydrogens is 461 g/mol. The molecule has 33 heavy (non-hydrogen) atoms. The zero-order chi connectivity index (χ0) is 24.4. The third-order valence-electron chi connectivity index (χ3n) is 4.89. The van der Waals surface area contributed by atoms with Crippen molar-refractivity contribution < 1.29 is 27.4 Å². The molecule has 0 saturated carbocycles. The Kier molecular flexibility index (Phi) is 6.74. The predicted molar refractivity (Wildman–Crippen MR) is 115 cm³/mol. The van der Waals surface area contributed by atoms with Crippen LogP contribution in [-0.4, -0.2) is 28.7 Å². The largest absolute Gasteiger partial charge is 0.573 e. The Morgan fingerprint density at radius 2 is 2.00 bits per heavy atom. The molecular formula is C22H20ClF3N4O3. The van der Waals surface area contributed by atoms with Gasteiger partial charge in [0.25, 0.3) is 0 Å². The second-order valence-electron chi connectivity index (χ2n) is 7.54. The Labute approximate surface area is 192 Å². The summed E-state index contributed by atoms with van der Waals surface area (Å²) >= 11 is 6.07. The summed E-state index contributed by atoms with van der Waals surface area (Å²) in [6.45, 7) is 3.61. The third-order valence-corrected chi connectivity index (χ3v) is 5.13. The molecule has 1 unspecified atom stereocenters. The Morgan fingerprint density at radius 3 is 2.61 bits per heavy atom. The van der Waals surface area contributed by atoms with E-state index < -0.39 is 23.4 Å². The molecule has 0 radical (unpaired) electrons. The number of nitrogens with zero attached hydrogens (tertiary/aromatic N) is 3. The van der Waals surface area contributed by atoms with Crippen LogP contribution < -0.4 is 15.2 Å². The maximum Gasteiger partial charge on any atom is 0.573 e. The van der Waals surface area contributed by atoms with E-state index in [4.69, 9.17) is 22.1 Å². The molecule has 11 heteroatoms. The first kappa shape index (κ1) is 24.2. The van der Waals surface area contributed by atoms with Crippen molar-refractivity contribution in [1.29, 1.82) is 5.26 Å². The van der Waals surface area contributed by atoms with Gasteiger partial charge in [0.05, 0.1) is 35.5 Å². The van der Waals surface area contributed by atoms with Crippen LogP contribution in [-0.2, 0) is 12.0 Å². The van der Waals surface area contributed by atoms with Gasteiger partial charge in [0.2, 0.25) is 11.8 Å². The number of hydrogen-bond acceptors (Lipinski definition) is 5. The summed E-state index contributed by atoms with van der Waals surface area (Å²) < 4.78 is 49.5. The highest BCUT2D eigenvalue weighted by Crippen LogP contribution is 2.36. The highest BCUT2D eigenvalue weighted by molar-refractivity contribution is 6.31. The fourth-order valence-electron chi connectivity index (χ4n) is 3.41. The van der Waals surface area contributed by atoms with E-state index in [1.807, 2.05) is 6.92 Å². The van der Waals surface area contributed by atoms with Crippen molar-refractivity contribution in [2.75, 3.05) is 6.61 Å². The molecule has 1 heterocycles. The molecule has 0 bridgehead atoms. The van der Waals surface area contributed by atoms with E-state index in [0.717, 1.165) is 18.2 Å². The number of halogens is 4. The van der Waals surface area contributed by atoms with Gasteiger partial charge in [-0.15, -0.1) is 13.2 Å². The summed E-state index contributed by atoms with van der Waals surface area (Å²) in [5, 5.41) is 15.6. The SMILES string of the molecule is CCCOc1c2ccc(Cl)cc2nn1CC(C)(C#N)c1cc(OC(F)(F)F)ccc1C(N)=O. The zero-order valence-electron chi connectivity index (χ0n) is 17.7. The van der Waals surface area contributed by atoms with Crippen LogP contribution in [0, 0.1) is 11.3 Å². The molecule has 3 aromatic rings. The second-order valence-corrected chi connectivity index (χ2v) is 7.97. The summed E-state index contributed by atoms with van der Waals surface area (Å²) in [5.74, 6) is -1.11. The summed E-state index contributed by atoms with van der Waals surface area (Å²) in [6, 6.07) is 10.2. The summed E-state index contributed by atoms with van der Waals surface area (Å²) in [7, 11) is 0. The summed E-state index contributed by atoms with van der Waals surface area (Å²) in [6.07, 6.45) is -4.24. The highest BCUT2D eigenvalue weighted by Gasteiger charge is 2.36. The van der Waals surface area contributed by atoms with E-state index in [1.54, 1.807) is 18.2 Å². The predicted octanol–water partition coefficient (Wildman–Crippen LogP) is 4.96.